The smallest absolute Gasteiger partial charge is 0.276 e. The van der Waals surface area contributed by atoms with E-state index >= 15 is 0 Å². The molecule has 2 N–H and O–H groups in total. The number of furan rings is 1. The normalized spacial score (nSPS) is 14.7. The molecular formula is C20H20N4O4S. The molecule has 9 heteroatoms. The van der Waals surface area contributed by atoms with Gasteiger partial charge in [-0.05, 0) is 44.0 Å². The molecule has 0 bridgehead atoms. The molecule has 1 fully saturated rings. The average molecular weight is 412 g/mol. The number of hydrogen-bond donors (Lipinski definition) is 1. The highest BCUT2D eigenvalue weighted by Crippen LogP contribution is 2.36. The van der Waals surface area contributed by atoms with Gasteiger partial charge in [-0.25, -0.2) is 15.8 Å². The van der Waals surface area contributed by atoms with Gasteiger partial charge in [0.1, 0.15) is 10.6 Å². The van der Waals surface area contributed by atoms with Crippen molar-refractivity contribution in [2.45, 2.75) is 19.8 Å². The van der Waals surface area contributed by atoms with Crippen molar-refractivity contribution >= 4 is 28.2 Å². The quantitative estimate of drug-likeness (QED) is 0.296. The van der Waals surface area contributed by atoms with Crippen LogP contribution in [0.3, 0.4) is 0 Å². The molecule has 0 saturated carbocycles. The highest BCUT2D eigenvalue weighted by Gasteiger charge is 2.30. The van der Waals surface area contributed by atoms with E-state index in [4.69, 9.17) is 15.0 Å². The number of amides is 1. The molecule has 0 aliphatic carbocycles. The lowest BCUT2D eigenvalue weighted by Crippen LogP contribution is -2.37. The fourth-order valence-corrected chi connectivity index (χ4v) is 4.14. The van der Waals surface area contributed by atoms with Crippen molar-refractivity contribution in [3.63, 3.8) is 0 Å². The van der Waals surface area contributed by atoms with Crippen LogP contribution in [0.25, 0.3) is 11.5 Å². The predicted molar refractivity (Wildman–Crippen MR) is 108 cm³/mol. The maximum absolute atomic E-state index is 13.1. The van der Waals surface area contributed by atoms with Crippen molar-refractivity contribution in [3.8, 4) is 11.5 Å². The topological polar surface area (TPSA) is 112 Å². The number of anilines is 1. The molecule has 0 aromatic carbocycles. The fourth-order valence-electron chi connectivity index (χ4n) is 3.12. The second-order valence-corrected chi connectivity index (χ2v) is 7.74. The molecule has 4 rings (SSSR count). The molecule has 4 heterocycles. The van der Waals surface area contributed by atoms with Gasteiger partial charge in [-0.3, -0.25) is 14.6 Å². The van der Waals surface area contributed by atoms with E-state index in [9.17, 15) is 9.59 Å². The van der Waals surface area contributed by atoms with E-state index in [2.05, 4.69) is 9.97 Å². The van der Waals surface area contributed by atoms with Crippen molar-refractivity contribution in [2.75, 3.05) is 18.2 Å². The summed E-state index contributed by atoms with van der Waals surface area (Å²) in [6.45, 7) is 2.94. The van der Waals surface area contributed by atoms with E-state index in [1.807, 2.05) is 6.92 Å². The Morgan fingerprint density at radius 3 is 2.69 bits per heavy atom. The highest BCUT2D eigenvalue weighted by atomic mass is 32.1. The van der Waals surface area contributed by atoms with E-state index in [1.165, 1.54) is 12.5 Å². The van der Waals surface area contributed by atoms with Gasteiger partial charge in [0.05, 0.1) is 11.8 Å². The number of Topliss-reactive ketones (excluding diaryl/α,β-unsaturated/α-hetero) is 1. The Hall–Kier alpha value is -2.88. The largest absolute Gasteiger partial charge is 0.463 e. The maximum Gasteiger partial charge on any atom is 0.276 e. The van der Waals surface area contributed by atoms with Crippen LogP contribution in [0.4, 0.5) is 5.13 Å². The third-order valence-corrected chi connectivity index (χ3v) is 5.84. The number of hydrazine groups is 1. The van der Waals surface area contributed by atoms with Gasteiger partial charge in [0, 0.05) is 31.0 Å². The number of rotatable bonds is 5. The SMILES string of the molecule is Cc1ccc(C(=O)N(N)c2nc(-c3ccco3)c(C(=O)C3CCOCC3)s2)cn1. The Kier molecular flexibility index (Phi) is 5.52. The van der Waals surface area contributed by atoms with E-state index < -0.39 is 5.91 Å². The molecular weight excluding hydrogens is 392 g/mol. The summed E-state index contributed by atoms with van der Waals surface area (Å²) in [6, 6.07) is 6.84. The van der Waals surface area contributed by atoms with Crippen LogP contribution < -0.4 is 10.9 Å². The Bertz CT molecular complexity index is 1010. The molecule has 29 heavy (non-hydrogen) atoms. The Morgan fingerprint density at radius 2 is 2.03 bits per heavy atom. The van der Waals surface area contributed by atoms with Gasteiger partial charge < -0.3 is 9.15 Å². The molecule has 1 aliphatic rings. The molecule has 0 spiro atoms. The molecule has 1 saturated heterocycles. The summed E-state index contributed by atoms with van der Waals surface area (Å²) in [7, 11) is 0. The van der Waals surface area contributed by atoms with E-state index in [0.717, 1.165) is 22.0 Å². The van der Waals surface area contributed by atoms with Crippen molar-refractivity contribution in [1.29, 1.82) is 0 Å². The van der Waals surface area contributed by atoms with E-state index in [0.29, 0.717) is 48.0 Å². The zero-order chi connectivity index (χ0) is 20.4. The summed E-state index contributed by atoms with van der Waals surface area (Å²) >= 11 is 1.09. The molecule has 3 aromatic heterocycles. The van der Waals surface area contributed by atoms with Gasteiger partial charge >= 0.3 is 0 Å². The number of aryl methyl sites for hydroxylation is 1. The van der Waals surface area contributed by atoms with E-state index in [1.54, 1.807) is 24.3 Å². The zero-order valence-electron chi connectivity index (χ0n) is 15.8. The monoisotopic (exact) mass is 412 g/mol. The van der Waals surface area contributed by atoms with Gasteiger partial charge in [0.25, 0.3) is 5.91 Å². The third-order valence-electron chi connectivity index (χ3n) is 4.77. The number of carbonyl (C=O) groups excluding carboxylic acids is 2. The molecule has 1 amide bonds. The first-order valence-electron chi connectivity index (χ1n) is 9.23. The van der Waals surface area contributed by atoms with Crippen LogP contribution in [0, 0.1) is 12.8 Å². The molecule has 0 unspecified atom stereocenters. The minimum Gasteiger partial charge on any atom is -0.463 e. The number of ether oxygens (including phenoxy) is 1. The Morgan fingerprint density at radius 1 is 1.24 bits per heavy atom. The first-order chi connectivity index (χ1) is 14.0. The average Bonchev–Trinajstić information content (AvgIpc) is 3.43. The number of nitrogens with zero attached hydrogens (tertiary/aromatic N) is 3. The van der Waals surface area contributed by atoms with E-state index in [-0.39, 0.29) is 16.8 Å². The number of hydrogen-bond acceptors (Lipinski definition) is 8. The summed E-state index contributed by atoms with van der Waals surface area (Å²) in [5, 5.41) is 1.17. The predicted octanol–water partition coefficient (Wildman–Crippen LogP) is 3.24. The van der Waals surface area contributed by atoms with Crippen molar-refractivity contribution in [1.82, 2.24) is 9.97 Å². The number of aromatic nitrogens is 2. The van der Waals surface area contributed by atoms with Crippen LogP contribution in [-0.4, -0.2) is 34.9 Å². The first-order valence-corrected chi connectivity index (χ1v) is 10.0. The first kappa shape index (κ1) is 19.4. The lowest BCUT2D eigenvalue weighted by Gasteiger charge is -2.20. The van der Waals surface area contributed by atoms with Crippen LogP contribution in [0.5, 0.6) is 0 Å². The summed E-state index contributed by atoms with van der Waals surface area (Å²) in [6.07, 6.45) is 4.29. The standard InChI is InChI=1S/C20H20N4O4S/c1-12-4-5-14(11-22-12)19(26)24(21)20-23-16(15-3-2-8-28-15)18(29-20)17(25)13-6-9-27-10-7-13/h2-5,8,11,13H,6-7,9-10,21H2,1H3. The third kappa shape index (κ3) is 3.98. The van der Waals surface area contributed by atoms with Crippen LogP contribution >= 0.6 is 11.3 Å². The number of thiazole rings is 1. The highest BCUT2D eigenvalue weighted by molar-refractivity contribution is 7.18. The maximum atomic E-state index is 13.1. The van der Waals surface area contributed by atoms with Crippen LogP contribution in [0.15, 0.2) is 41.1 Å². The summed E-state index contributed by atoms with van der Waals surface area (Å²) in [4.78, 5) is 34.9. The number of pyridine rings is 1. The fraction of sp³-hybridized carbons (Fsp3) is 0.300. The molecule has 150 valence electrons. The number of nitrogens with two attached hydrogens (primary N) is 1. The lowest BCUT2D eigenvalue weighted by atomic mass is 9.94. The van der Waals surface area contributed by atoms with Crippen molar-refractivity contribution < 1.29 is 18.7 Å². The van der Waals surface area contributed by atoms with Crippen molar-refractivity contribution in [3.05, 3.63) is 52.9 Å². The molecule has 0 atom stereocenters. The van der Waals surface area contributed by atoms with Gasteiger partial charge in [0.2, 0.25) is 5.13 Å². The van der Waals surface area contributed by atoms with Crippen LogP contribution in [0.2, 0.25) is 0 Å². The summed E-state index contributed by atoms with van der Waals surface area (Å²) in [5.74, 6) is 5.90. The minimum absolute atomic E-state index is 0.0266. The molecule has 0 radical (unpaired) electrons. The van der Waals surface area contributed by atoms with Crippen LogP contribution in [-0.2, 0) is 4.74 Å². The van der Waals surface area contributed by atoms with Gasteiger partial charge in [-0.2, -0.15) is 0 Å². The van der Waals surface area contributed by atoms with Gasteiger partial charge in [0.15, 0.2) is 11.5 Å². The van der Waals surface area contributed by atoms with Crippen molar-refractivity contribution in [2.24, 2.45) is 11.8 Å². The minimum atomic E-state index is -0.456. The zero-order valence-corrected chi connectivity index (χ0v) is 16.6. The number of ketones is 1. The Balaban J connectivity index is 1.68. The number of carbonyl (C=O) groups is 2. The summed E-state index contributed by atoms with van der Waals surface area (Å²) in [5.41, 5.74) is 1.53. The second-order valence-electron chi connectivity index (χ2n) is 6.77. The van der Waals surface area contributed by atoms with Gasteiger partial charge in [-0.1, -0.05) is 11.3 Å². The van der Waals surface area contributed by atoms with Gasteiger partial charge in [-0.15, -0.1) is 0 Å². The molecule has 3 aromatic rings. The lowest BCUT2D eigenvalue weighted by molar-refractivity contribution is 0.0547. The Labute approximate surface area is 171 Å². The van der Waals surface area contributed by atoms with Crippen LogP contribution in [0.1, 0.15) is 38.6 Å². The second kappa shape index (κ2) is 8.24. The molecule has 1 aliphatic heterocycles. The molecule has 8 nitrogen and oxygen atoms in total. The summed E-state index contributed by atoms with van der Waals surface area (Å²) < 4.78 is 10.8.